The highest BCUT2D eigenvalue weighted by Crippen LogP contribution is 2.34. The second-order valence-corrected chi connectivity index (χ2v) is 4.30. The molecule has 0 saturated carbocycles. The third-order valence-corrected chi connectivity index (χ3v) is 2.93. The van der Waals surface area contributed by atoms with Gasteiger partial charge in [-0.25, -0.2) is 4.99 Å². The summed E-state index contributed by atoms with van der Waals surface area (Å²) in [5, 5.41) is 0. The number of nitrogens with zero attached hydrogens (tertiary/aromatic N) is 2. The SMILES string of the molecule is CC12CC=C(Br)C=C1C(N)=NC=N2. The van der Waals surface area contributed by atoms with Crippen molar-refractivity contribution in [3.05, 3.63) is 22.2 Å². The van der Waals surface area contributed by atoms with Crippen LogP contribution in [0.2, 0.25) is 0 Å². The molecule has 13 heavy (non-hydrogen) atoms. The summed E-state index contributed by atoms with van der Waals surface area (Å²) >= 11 is 3.42. The molecule has 1 aliphatic heterocycles. The van der Waals surface area contributed by atoms with E-state index in [1.165, 1.54) is 0 Å². The lowest BCUT2D eigenvalue weighted by Gasteiger charge is -2.31. The van der Waals surface area contributed by atoms with Gasteiger partial charge in [0.1, 0.15) is 12.2 Å². The van der Waals surface area contributed by atoms with Crippen molar-refractivity contribution < 1.29 is 0 Å². The molecule has 0 aromatic rings. The number of allylic oxidation sites excluding steroid dienone is 2. The van der Waals surface area contributed by atoms with Crippen LogP contribution < -0.4 is 5.73 Å². The van der Waals surface area contributed by atoms with Gasteiger partial charge in [-0.3, -0.25) is 4.99 Å². The predicted octanol–water partition coefficient (Wildman–Crippen LogP) is 1.75. The molecular formula is C9H10BrN3. The Morgan fingerprint density at radius 2 is 2.38 bits per heavy atom. The number of amidine groups is 1. The van der Waals surface area contributed by atoms with Crippen molar-refractivity contribution in [2.24, 2.45) is 15.7 Å². The normalized spacial score (nSPS) is 31.7. The second-order valence-electron chi connectivity index (χ2n) is 3.38. The molecule has 3 nitrogen and oxygen atoms in total. The van der Waals surface area contributed by atoms with Gasteiger partial charge in [-0.05, 0) is 19.4 Å². The number of halogens is 1. The smallest absolute Gasteiger partial charge is 0.130 e. The monoisotopic (exact) mass is 239 g/mol. The van der Waals surface area contributed by atoms with Crippen molar-refractivity contribution in [2.45, 2.75) is 18.9 Å². The van der Waals surface area contributed by atoms with E-state index in [1.807, 2.05) is 6.08 Å². The maximum absolute atomic E-state index is 5.78. The fraction of sp³-hybridized carbons (Fsp3) is 0.333. The zero-order valence-corrected chi connectivity index (χ0v) is 8.87. The van der Waals surface area contributed by atoms with Crippen LogP contribution in [0.3, 0.4) is 0 Å². The summed E-state index contributed by atoms with van der Waals surface area (Å²) in [6.45, 7) is 2.06. The molecule has 2 N–H and O–H groups in total. The van der Waals surface area contributed by atoms with Gasteiger partial charge in [0.25, 0.3) is 0 Å². The van der Waals surface area contributed by atoms with Gasteiger partial charge < -0.3 is 5.73 Å². The Hall–Kier alpha value is -0.900. The van der Waals surface area contributed by atoms with E-state index in [0.29, 0.717) is 5.84 Å². The average Bonchev–Trinajstić information content (AvgIpc) is 2.08. The Morgan fingerprint density at radius 3 is 3.15 bits per heavy atom. The zero-order valence-electron chi connectivity index (χ0n) is 7.29. The third kappa shape index (κ3) is 1.35. The fourth-order valence-electron chi connectivity index (χ4n) is 1.52. The Morgan fingerprint density at radius 1 is 1.62 bits per heavy atom. The summed E-state index contributed by atoms with van der Waals surface area (Å²) in [4.78, 5) is 8.32. The molecule has 1 unspecified atom stereocenters. The van der Waals surface area contributed by atoms with Crippen LogP contribution >= 0.6 is 15.9 Å². The summed E-state index contributed by atoms with van der Waals surface area (Å²) in [5.41, 5.74) is 6.58. The Bertz CT molecular complexity index is 365. The highest BCUT2D eigenvalue weighted by Gasteiger charge is 2.33. The number of hydrogen-bond acceptors (Lipinski definition) is 3. The molecule has 68 valence electrons. The van der Waals surface area contributed by atoms with Gasteiger partial charge in [-0.15, -0.1) is 0 Å². The maximum atomic E-state index is 5.78. The van der Waals surface area contributed by atoms with Crippen molar-refractivity contribution in [1.82, 2.24) is 0 Å². The van der Waals surface area contributed by atoms with Gasteiger partial charge in [0.05, 0.1) is 5.54 Å². The standard InChI is InChI=1S/C9H10BrN3/c1-9-3-2-6(10)4-7(9)8(11)12-5-13-9/h2,4-5H,3H2,1H3,(H2,11,12,13). The molecule has 0 aromatic heterocycles. The minimum absolute atomic E-state index is 0.205. The molecule has 1 heterocycles. The average molecular weight is 240 g/mol. The highest BCUT2D eigenvalue weighted by atomic mass is 79.9. The Kier molecular flexibility index (Phi) is 1.87. The molecule has 2 aliphatic rings. The zero-order chi connectivity index (χ0) is 9.47. The summed E-state index contributed by atoms with van der Waals surface area (Å²) in [6.07, 6.45) is 6.49. The number of fused-ring (bicyclic) bond motifs is 1. The van der Waals surface area contributed by atoms with E-state index in [-0.39, 0.29) is 5.54 Å². The second kappa shape index (κ2) is 2.80. The first kappa shape index (κ1) is 8.69. The largest absolute Gasteiger partial charge is 0.383 e. The van der Waals surface area contributed by atoms with Crippen molar-refractivity contribution >= 4 is 28.1 Å². The molecular weight excluding hydrogens is 230 g/mol. The van der Waals surface area contributed by atoms with Crippen molar-refractivity contribution in [3.8, 4) is 0 Å². The topological polar surface area (TPSA) is 50.7 Å². The van der Waals surface area contributed by atoms with E-state index in [1.54, 1.807) is 6.34 Å². The predicted molar refractivity (Wildman–Crippen MR) is 58.2 cm³/mol. The van der Waals surface area contributed by atoms with E-state index in [9.17, 15) is 0 Å². The van der Waals surface area contributed by atoms with E-state index in [4.69, 9.17) is 5.73 Å². The first-order valence-corrected chi connectivity index (χ1v) is 4.86. The molecule has 1 aliphatic carbocycles. The molecule has 4 heteroatoms. The summed E-state index contributed by atoms with van der Waals surface area (Å²) < 4.78 is 1.05. The van der Waals surface area contributed by atoms with Gasteiger partial charge in [-0.2, -0.15) is 0 Å². The van der Waals surface area contributed by atoms with Gasteiger partial charge in [0.2, 0.25) is 0 Å². The molecule has 0 fully saturated rings. The van der Waals surface area contributed by atoms with Crippen LogP contribution in [-0.2, 0) is 0 Å². The summed E-state index contributed by atoms with van der Waals surface area (Å²) in [6, 6.07) is 0. The number of rotatable bonds is 0. The van der Waals surface area contributed by atoms with Crippen LogP contribution in [0.4, 0.5) is 0 Å². The maximum Gasteiger partial charge on any atom is 0.130 e. The lowest BCUT2D eigenvalue weighted by Crippen LogP contribution is -2.37. The van der Waals surface area contributed by atoms with E-state index in [2.05, 4.69) is 38.9 Å². The van der Waals surface area contributed by atoms with Crippen LogP contribution in [0.15, 0.2) is 32.2 Å². The van der Waals surface area contributed by atoms with E-state index < -0.39 is 0 Å². The number of hydrogen-bond donors (Lipinski definition) is 1. The minimum Gasteiger partial charge on any atom is -0.383 e. The molecule has 2 rings (SSSR count). The minimum atomic E-state index is -0.205. The number of aliphatic imine (C=N–C) groups is 2. The Balaban J connectivity index is 2.50. The van der Waals surface area contributed by atoms with Crippen molar-refractivity contribution in [2.75, 3.05) is 0 Å². The van der Waals surface area contributed by atoms with Crippen LogP contribution in [-0.4, -0.2) is 17.7 Å². The van der Waals surface area contributed by atoms with Crippen LogP contribution in [0, 0.1) is 0 Å². The lowest BCUT2D eigenvalue weighted by atomic mass is 9.84. The van der Waals surface area contributed by atoms with E-state index in [0.717, 1.165) is 16.5 Å². The third-order valence-electron chi connectivity index (χ3n) is 2.37. The summed E-state index contributed by atoms with van der Waals surface area (Å²) in [5.74, 6) is 0.572. The van der Waals surface area contributed by atoms with Crippen LogP contribution in [0.1, 0.15) is 13.3 Å². The van der Waals surface area contributed by atoms with Gasteiger partial charge >= 0.3 is 0 Å². The first-order chi connectivity index (χ1) is 6.12. The lowest BCUT2D eigenvalue weighted by molar-refractivity contribution is 0.571. The molecule has 1 atom stereocenters. The van der Waals surface area contributed by atoms with Crippen molar-refractivity contribution in [1.29, 1.82) is 0 Å². The van der Waals surface area contributed by atoms with Crippen molar-refractivity contribution in [3.63, 3.8) is 0 Å². The molecule has 0 spiro atoms. The quantitative estimate of drug-likeness (QED) is 0.689. The molecule has 0 radical (unpaired) electrons. The van der Waals surface area contributed by atoms with Gasteiger partial charge in [-0.1, -0.05) is 22.0 Å². The van der Waals surface area contributed by atoms with Crippen LogP contribution in [0.25, 0.3) is 0 Å². The number of nitrogens with two attached hydrogens (primary N) is 1. The van der Waals surface area contributed by atoms with Crippen LogP contribution in [0.5, 0.6) is 0 Å². The highest BCUT2D eigenvalue weighted by molar-refractivity contribution is 9.11. The Labute approximate surface area is 85.3 Å². The summed E-state index contributed by atoms with van der Waals surface area (Å²) in [7, 11) is 0. The molecule has 0 saturated heterocycles. The first-order valence-electron chi connectivity index (χ1n) is 4.07. The molecule has 0 aromatic carbocycles. The van der Waals surface area contributed by atoms with E-state index >= 15 is 0 Å². The molecule has 0 amide bonds. The fourth-order valence-corrected chi connectivity index (χ4v) is 1.91. The van der Waals surface area contributed by atoms with Gasteiger partial charge in [0, 0.05) is 10.1 Å². The van der Waals surface area contributed by atoms with Gasteiger partial charge in [0.15, 0.2) is 0 Å². The molecule has 0 bridgehead atoms.